The first-order valence-corrected chi connectivity index (χ1v) is 13.9. The Morgan fingerprint density at radius 1 is 0.953 bits per heavy atom. The van der Waals surface area contributed by atoms with Crippen molar-refractivity contribution in [2.24, 2.45) is 0 Å². The topological polar surface area (TPSA) is 45.2 Å². The molecule has 4 rings (SSSR count). The van der Waals surface area contributed by atoms with Crippen LogP contribution in [0.5, 0.6) is 5.75 Å². The molecule has 1 unspecified atom stereocenters. The number of hydrogen-bond donors (Lipinski definition) is 0. The summed E-state index contributed by atoms with van der Waals surface area (Å²) in [6.45, 7) is 8.04. The van der Waals surface area contributed by atoms with Crippen molar-refractivity contribution in [1.29, 1.82) is 0 Å². The number of carbonyl (C=O) groups excluding carboxylic acids is 1. The number of nitrogens with zero attached hydrogens (tertiary/aromatic N) is 3. The molecule has 234 valence electrons. The highest BCUT2D eigenvalue weighted by molar-refractivity contribution is 5.95. The predicted molar refractivity (Wildman–Crippen MR) is 149 cm³/mol. The third kappa shape index (κ3) is 8.87. The molecule has 1 atom stereocenters. The number of amides is 1. The normalized spacial score (nSPS) is 19.9. The van der Waals surface area contributed by atoms with E-state index in [-0.39, 0.29) is 18.2 Å². The van der Waals surface area contributed by atoms with E-state index in [9.17, 15) is 31.1 Å². The number of piperazine rings is 1. The Morgan fingerprint density at radius 2 is 1.60 bits per heavy atom. The van der Waals surface area contributed by atoms with Gasteiger partial charge in [0.05, 0.1) is 43.5 Å². The lowest BCUT2D eigenvalue weighted by atomic mass is 9.99. The number of ether oxygens (including phenoxy) is 2. The highest BCUT2D eigenvalue weighted by Gasteiger charge is 2.39. The molecule has 43 heavy (non-hydrogen) atoms. The minimum absolute atomic E-state index is 0.0268. The van der Waals surface area contributed by atoms with E-state index in [2.05, 4.69) is 16.7 Å². The number of halogens is 6. The molecule has 0 spiro atoms. The molecule has 0 bridgehead atoms. The van der Waals surface area contributed by atoms with Crippen molar-refractivity contribution >= 4 is 5.91 Å². The summed E-state index contributed by atoms with van der Waals surface area (Å²) in [5.74, 6) is 6.07. The maximum Gasteiger partial charge on any atom is 0.416 e. The third-order valence-electron chi connectivity index (χ3n) is 7.50. The molecule has 2 aliphatic rings. The van der Waals surface area contributed by atoms with Gasteiger partial charge in [-0.3, -0.25) is 14.6 Å². The molecule has 0 aliphatic carbocycles. The fourth-order valence-corrected chi connectivity index (χ4v) is 5.41. The quantitative estimate of drug-likeness (QED) is 0.332. The molecule has 0 N–H and O–H groups in total. The summed E-state index contributed by atoms with van der Waals surface area (Å²) in [6.07, 6.45) is -9.78. The predicted octanol–water partition coefficient (Wildman–Crippen LogP) is 5.22. The van der Waals surface area contributed by atoms with Crippen LogP contribution in [0.3, 0.4) is 0 Å². The van der Waals surface area contributed by atoms with E-state index < -0.39 is 41.0 Å². The lowest BCUT2D eigenvalue weighted by Crippen LogP contribution is -2.56. The number of hydrogen-bond acceptors (Lipinski definition) is 5. The Kier molecular flexibility index (Phi) is 9.99. The van der Waals surface area contributed by atoms with Crippen molar-refractivity contribution in [2.45, 2.75) is 44.3 Å². The SMILES string of the molecule is COc1cccc(CC2CN(CC#CCN3CCOC(C)(C)C3)CCN2C(=O)c2cc(C(F)(F)F)cc(C(F)(F)F)c2)c1. The van der Waals surface area contributed by atoms with Gasteiger partial charge in [-0.05, 0) is 56.2 Å². The average molecular weight is 612 g/mol. The fraction of sp³-hybridized carbons (Fsp3) is 0.516. The van der Waals surface area contributed by atoms with Gasteiger partial charge in [0.1, 0.15) is 5.75 Å². The summed E-state index contributed by atoms with van der Waals surface area (Å²) in [5, 5.41) is 0. The molecular formula is C31H35F6N3O3. The second-order valence-electron chi connectivity index (χ2n) is 11.4. The van der Waals surface area contributed by atoms with E-state index >= 15 is 0 Å². The van der Waals surface area contributed by atoms with Gasteiger partial charge in [-0.25, -0.2) is 0 Å². The minimum Gasteiger partial charge on any atom is -0.497 e. The molecule has 6 nitrogen and oxygen atoms in total. The van der Waals surface area contributed by atoms with Crippen LogP contribution in [-0.4, -0.2) is 91.8 Å². The molecule has 1 amide bonds. The van der Waals surface area contributed by atoms with E-state index in [1.165, 1.54) is 12.0 Å². The van der Waals surface area contributed by atoms with Crippen LogP contribution in [0.15, 0.2) is 42.5 Å². The van der Waals surface area contributed by atoms with Crippen LogP contribution in [0.25, 0.3) is 0 Å². The zero-order valence-electron chi connectivity index (χ0n) is 24.3. The molecule has 2 saturated heterocycles. The van der Waals surface area contributed by atoms with E-state index in [0.29, 0.717) is 57.1 Å². The Bertz CT molecular complexity index is 1320. The molecule has 0 radical (unpaired) electrons. The van der Waals surface area contributed by atoms with Crippen LogP contribution in [0, 0.1) is 11.8 Å². The maximum absolute atomic E-state index is 13.6. The van der Waals surface area contributed by atoms with Gasteiger partial charge in [0, 0.05) is 44.3 Å². The van der Waals surface area contributed by atoms with E-state index in [1.54, 1.807) is 18.2 Å². The largest absolute Gasteiger partial charge is 0.497 e. The smallest absolute Gasteiger partial charge is 0.416 e. The summed E-state index contributed by atoms with van der Waals surface area (Å²) in [5.41, 5.74) is -3.12. The van der Waals surface area contributed by atoms with Crippen molar-refractivity contribution < 1.29 is 40.6 Å². The summed E-state index contributed by atoms with van der Waals surface area (Å²) in [6, 6.07) is 7.64. The van der Waals surface area contributed by atoms with Crippen LogP contribution in [-0.2, 0) is 23.5 Å². The van der Waals surface area contributed by atoms with Crippen molar-refractivity contribution in [3.63, 3.8) is 0 Å². The second kappa shape index (κ2) is 13.2. The molecule has 12 heteroatoms. The zero-order chi connectivity index (χ0) is 31.4. The minimum atomic E-state index is -5.05. The number of alkyl halides is 6. The molecule has 2 fully saturated rings. The van der Waals surface area contributed by atoms with Gasteiger partial charge in [-0.1, -0.05) is 24.0 Å². The highest BCUT2D eigenvalue weighted by Crippen LogP contribution is 2.37. The zero-order valence-corrected chi connectivity index (χ0v) is 24.3. The van der Waals surface area contributed by atoms with Crippen molar-refractivity contribution in [1.82, 2.24) is 14.7 Å². The summed E-state index contributed by atoms with van der Waals surface area (Å²) < 4.78 is 92.0. The van der Waals surface area contributed by atoms with Gasteiger partial charge >= 0.3 is 12.4 Å². The van der Waals surface area contributed by atoms with Crippen LogP contribution >= 0.6 is 0 Å². The Labute approximate surface area is 247 Å². The number of carbonyl (C=O) groups is 1. The first kappa shape index (κ1) is 32.6. The number of methoxy groups -OCH3 is 1. The highest BCUT2D eigenvalue weighted by atomic mass is 19.4. The van der Waals surface area contributed by atoms with Gasteiger partial charge in [0.25, 0.3) is 5.91 Å². The molecular weight excluding hydrogens is 576 g/mol. The summed E-state index contributed by atoms with van der Waals surface area (Å²) in [7, 11) is 1.51. The summed E-state index contributed by atoms with van der Waals surface area (Å²) >= 11 is 0. The van der Waals surface area contributed by atoms with Crippen molar-refractivity contribution in [3.05, 3.63) is 64.7 Å². The van der Waals surface area contributed by atoms with E-state index in [1.807, 2.05) is 24.8 Å². The van der Waals surface area contributed by atoms with Gasteiger partial charge in [0.15, 0.2) is 0 Å². The van der Waals surface area contributed by atoms with Gasteiger partial charge in [-0.15, -0.1) is 0 Å². The number of morpholine rings is 1. The fourth-order valence-electron chi connectivity index (χ4n) is 5.41. The van der Waals surface area contributed by atoms with Crippen molar-refractivity contribution in [3.8, 4) is 17.6 Å². The number of rotatable bonds is 6. The van der Waals surface area contributed by atoms with Crippen LogP contribution < -0.4 is 4.74 Å². The maximum atomic E-state index is 13.6. The van der Waals surface area contributed by atoms with Crippen LogP contribution in [0.4, 0.5) is 26.3 Å². The Balaban J connectivity index is 1.55. The van der Waals surface area contributed by atoms with Crippen molar-refractivity contribution in [2.75, 3.05) is 59.5 Å². The molecule has 2 heterocycles. The average Bonchev–Trinajstić information content (AvgIpc) is 2.93. The lowest BCUT2D eigenvalue weighted by Gasteiger charge is -2.41. The van der Waals surface area contributed by atoms with E-state index in [4.69, 9.17) is 9.47 Å². The van der Waals surface area contributed by atoms with Gasteiger partial charge in [0.2, 0.25) is 0 Å². The first-order valence-electron chi connectivity index (χ1n) is 13.9. The van der Waals surface area contributed by atoms with E-state index in [0.717, 1.165) is 18.7 Å². The molecule has 2 aromatic rings. The standard InChI is InChI=1S/C31H35F6N3O3/c1-29(2)21-39(13-14-43-29)10-5-4-9-38-11-12-40(26(20-38)15-22-7-6-8-27(16-22)42-3)28(41)23-17-24(30(32,33)34)19-25(18-23)31(35,36)37/h6-8,16-19,26H,9-15,20-21H2,1-3H3. The van der Waals surface area contributed by atoms with Crippen LogP contribution in [0.1, 0.15) is 40.9 Å². The number of benzene rings is 2. The van der Waals surface area contributed by atoms with Gasteiger partial charge < -0.3 is 14.4 Å². The lowest BCUT2D eigenvalue weighted by molar-refractivity contribution is -0.143. The molecule has 0 saturated carbocycles. The first-order chi connectivity index (χ1) is 20.1. The second-order valence-corrected chi connectivity index (χ2v) is 11.4. The molecule has 0 aromatic heterocycles. The Morgan fingerprint density at radius 3 is 2.21 bits per heavy atom. The Hall–Kier alpha value is -3.27. The molecule has 2 aromatic carbocycles. The summed E-state index contributed by atoms with van der Waals surface area (Å²) in [4.78, 5) is 19.2. The van der Waals surface area contributed by atoms with Gasteiger partial charge in [-0.2, -0.15) is 26.3 Å². The monoisotopic (exact) mass is 611 g/mol. The third-order valence-corrected chi connectivity index (χ3v) is 7.50. The van der Waals surface area contributed by atoms with Crippen LogP contribution in [0.2, 0.25) is 0 Å². The molecule has 2 aliphatic heterocycles.